The monoisotopic (exact) mass is 222 g/mol. The van der Waals surface area contributed by atoms with Crippen LogP contribution in [0.3, 0.4) is 0 Å². The van der Waals surface area contributed by atoms with E-state index in [2.05, 4.69) is 24.1 Å². The van der Waals surface area contributed by atoms with E-state index >= 15 is 0 Å². The first-order valence-corrected chi connectivity index (χ1v) is 5.52. The van der Waals surface area contributed by atoms with Gasteiger partial charge in [-0.2, -0.15) is 0 Å². The maximum absolute atomic E-state index is 12.2. The standard InChI is InChI=1S/C11H18N4O/c1-10(2)6-4-5-11(10,3)8(16)7(6)14-15-9(12)13/h6H,4-5H2,1-3H3,(H4,12,13,15)/b14-7+/t6-,11+/m0/s1. The summed E-state index contributed by atoms with van der Waals surface area (Å²) in [6.45, 7) is 6.27. The third kappa shape index (κ3) is 1.14. The Morgan fingerprint density at radius 2 is 2.00 bits per heavy atom. The summed E-state index contributed by atoms with van der Waals surface area (Å²) in [5.41, 5.74) is 10.7. The van der Waals surface area contributed by atoms with Crippen LogP contribution in [-0.2, 0) is 4.79 Å². The number of hydrogen-bond acceptors (Lipinski definition) is 3. The number of rotatable bonds is 1. The summed E-state index contributed by atoms with van der Waals surface area (Å²) in [5.74, 6) is 0.192. The molecule has 0 heterocycles. The molecule has 0 unspecified atom stereocenters. The van der Waals surface area contributed by atoms with Crippen LogP contribution in [0.2, 0.25) is 0 Å². The summed E-state index contributed by atoms with van der Waals surface area (Å²) in [5, 5.41) is 7.54. The van der Waals surface area contributed by atoms with E-state index < -0.39 is 0 Å². The van der Waals surface area contributed by atoms with E-state index in [1.807, 2.05) is 6.92 Å². The Hall–Kier alpha value is -1.39. The summed E-state index contributed by atoms with van der Waals surface area (Å²) >= 11 is 0. The van der Waals surface area contributed by atoms with Crippen molar-refractivity contribution < 1.29 is 4.79 Å². The van der Waals surface area contributed by atoms with Crippen molar-refractivity contribution >= 4 is 17.5 Å². The number of nitrogens with two attached hydrogens (primary N) is 2. The predicted molar refractivity (Wildman–Crippen MR) is 62.9 cm³/mol. The first-order valence-electron chi connectivity index (χ1n) is 5.52. The lowest BCUT2D eigenvalue weighted by Gasteiger charge is -2.31. The van der Waals surface area contributed by atoms with Crippen LogP contribution < -0.4 is 11.5 Å². The summed E-state index contributed by atoms with van der Waals surface area (Å²) in [4.78, 5) is 12.2. The number of Topliss-reactive ketones (excluding diaryl/α,β-unsaturated/α-hetero) is 1. The fourth-order valence-corrected chi connectivity index (χ4v) is 3.05. The van der Waals surface area contributed by atoms with Gasteiger partial charge in [-0.3, -0.25) is 4.79 Å². The second-order valence-corrected chi connectivity index (χ2v) is 5.48. The number of fused-ring (bicyclic) bond motifs is 2. The first-order chi connectivity index (χ1) is 7.30. The molecule has 0 saturated heterocycles. The molecule has 2 aliphatic rings. The van der Waals surface area contributed by atoms with Gasteiger partial charge in [0, 0.05) is 11.3 Å². The molecule has 0 spiro atoms. The fourth-order valence-electron chi connectivity index (χ4n) is 3.05. The van der Waals surface area contributed by atoms with Gasteiger partial charge in [0.2, 0.25) is 5.96 Å². The normalized spacial score (nSPS) is 38.1. The molecule has 16 heavy (non-hydrogen) atoms. The van der Waals surface area contributed by atoms with Crippen molar-refractivity contribution in [3.63, 3.8) is 0 Å². The molecule has 2 rings (SSSR count). The highest BCUT2D eigenvalue weighted by Crippen LogP contribution is 2.62. The zero-order valence-corrected chi connectivity index (χ0v) is 9.95. The van der Waals surface area contributed by atoms with Gasteiger partial charge in [-0.25, -0.2) is 0 Å². The fraction of sp³-hybridized carbons (Fsp3) is 0.727. The third-order valence-electron chi connectivity index (χ3n) is 4.56. The number of hydrogen-bond donors (Lipinski definition) is 2. The molecule has 0 aliphatic heterocycles. The molecule has 0 radical (unpaired) electrons. The Bertz CT molecular complexity index is 406. The minimum atomic E-state index is -0.296. The zero-order chi connectivity index (χ0) is 12.1. The first kappa shape index (κ1) is 11.1. The van der Waals surface area contributed by atoms with Crippen LogP contribution in [0.25, 0.3) is 0 Å². The highest BCUT2D eigenvalue weighted by molar-refractivity contribution is 6.45. The molecule has 4 N–H and O–H groups in total. The number of guanidine groups is 1. The summed E-state index contributed by atoms with van der Waals surface area (Å²) < 4.78 is 0. The maximum Gasteiger partial charge on any atom is 0.211 e. The average Bonchev–Trinajstić information content (AvgIpc) is 2.47. The highest BCUT2D eigenvalue weighted by Gasteiger charge is 2.65. The molecular formula is C11H18N4O. The van der Waals surface area contributed by atoms with Crippen LogP contribution >= 0.6 is 0 Å². The largest absolute Gasteiger partial charge is 0.369 e. The molecule has 0 amide bonds. The highest BCUT2D eigenvalue weighted by atomic mass is 16.1. The average molecular weight is 222 g/mol. The molecule has 0 aromatic rings. The van der Waals surface area contributed by atoms with Gasteiger partial charge in [-0.1, -0.05) is 20.8 Å². The summed E-state index contributed by atoms with van der Waals surface area (Å²) in [7, 11) is 0. The van der Waals surface area contributed by atoms with Crippen molar-refractivity contribution in [1.82, 2.24) is 0 Å². The number of carbonyl (C=O) groups excluding carboxylic acids is 1. The molecular weight excluding hydrogens is 204 g/mol. The molecule has 2 saturated carbocycles. The quantitative estimate of drug-likeness (QED) is 0.387. The molecule has 5 nitrogen and oxygen atoms in total. The van der Waals surface area contributed by atoms with E-state index in [-0.39, 0.29) is 28.5 Å². The Labute approximate surface area is 95.0 Å². The van der Waals surface area contributed by atoms with Crippen molar-refractivity contribution in [2.75, 3.05) is 0 Å². The van der Waals surface area contributed by atoms with Crippen molar-refractivity contribution in [3.8, 4) is 0 Å². The van der Waals surface area contributed by atoms with E-state index in [0.29, 0.717) is 5.71 Å². The SMILES string of the molecule is CC1(C)[C@H]2CC[C@]1(C)C(=O)/C2=N/N=C(N)N. The molecule has 2 atom stereocenters. The van der Waals surface area contributed by atoms with Gasteiger partial charge in [0.25, 0.3) is 0 Å². The molecule has 2 fully saturated rings. The van der Waals surface area contributed by atoms with Gasteiger partial charge in [0.1, 0.15) is 5.71 Å². The van der Waals surface area contributed by atoms with Crippen LogP contribution in [-0.4, -0.2) is 17.5 Å². The van der Waals surface area contributed by atoms with Crippen molar-refractivity contribution in [2.24, 2.45) is 38.4 Å². The van der Waals surface area contributed by atoms with Gasteiger partial charge in [0.15, 0.2) is 5.78 Å². The lowest BCUT2D eigenvalue weighted by Crippen LogP contribution is -2.33. The van der Waals surface area contributed by atoms with Crippen LogP contribution in [0.15, 0.2) is 10.2 Å². The van der Waals surface area contributed by atoms with Crippen LogP contribution in [0.5, 0.6) is 0 Å². The molecule has 2 aliphatic carbocycles. The van der Waals surface area contributed by atoms with E-state index in [0.717, 1.165) is 12.8 Å². The molecule has 88 valence electrons. The number of nitrogens with zero attached hydrogens (tertiary/aromatic N) is 2. The van der Waals surface area contributed by atoms with E-state index in [1.165, 1.54) is 0 Å². The Morgan fingerprint density at radius 3 is 2.44 bits per heavy atom. The van der Waals surface area contributed by atoms with Crippen molar-refractivity contribution in [2.45, 2.75) is 33.6 Å². The van der Waals surface area contributed by atoms with Crippen LogP contribution in [0.1, 0.15) is 33.6 Å². The van der Waals surface area contributed by atoms with Gasteiger partial charge in [-0.05, 0) is 18.3 Å². The number of ketones is 1. The second-order valence-electron chi connectivity index (χ2n) is 5.48. The second kappa shape index (κ2) is 3.06. The Morgan fingerprint density at radius 1 is 1.38 bits per heavy atom. The molecule has 2 bridgehead atoms. The molecule has 0 aromatic carbocycles. The van der Waals surface area contributed by atoms with Gasteiger partial charge < -0.3 is 11.5 Å². The Kier molecular flexibility index (Phi) is 2.12. The van der Waals surface area contributed by atoms with Crippen LogP contribution in [0.4, 0.5) is 0 Å². The lowest BCUT2D eigenvalue weighted by atomic mass is 9.70. The lowest BCUT2D eigenvalue weighted by molar-refractivity contribution is -0.123. The van der Waals surface area contributed by atoms with Crippen molar-refractivity contribution in [3.05, 3.63) is 0 Å². The van der Waals surface area contributed by atoms with Gasteiger partial charge in [0.05, 0.1) is 0 Å². The minimum absolute atomic E-state index is 0.0399. The smallest absolute Gasteiger partial charge is 0.211 e. The summed E-state index contributed by atoms with van der Waals surface area (Å²) in [6.07, 6.45) is 1.93. The van der Waals surface area contributed by atoms with Gasteiger partial charge in [-0.15, -0.1) is 10.2 Å². The molecule has 0 aromatic heterocycles. The number of carbonyl (C=O) groups is 1. The minimum Gasteiger partial charge on any atom is -0.369 e. The molecule has 5 heteroatoms. The van der Waals surface area contributed by atoms with Crippen LogP contribution in [0, 0.1) is 16.7 Å². The maximum atomic E-state index is 12.2. The zero-order valence-electron chi connectivity index (χ0n) is 9.95. The van der Waals surface area contributed by atoms with E-state index in [4.69, 9.17) is 11.5 Å². The van der Waals surface area contributed by atoms with E-state index in [1.54, 1.807) is 0 Å². The summed E-state index contributed by atoms with van der Waals surface area (Å²) in [6, 6.07) is 0. The topological polar surface area (TPSA) is 93.8 Å². The predicted octanol–water partition coefficient (Wildman–Crippen LogP) is 0.641. The van der Waals surface area contributed by atoms with Crippen molar-refractivity contribution in [1.29, 1.82) is 0 Å². The Balaban J connectivity index is 2.45. The van der Waals surface area contributed by atoms with E-state index in [9.17, 15) is 4.79 Å². The van der Waals surface area contributed by atoms with Gasteiger partial charge >= 0.3 is 0 Å². The third-order valence-corrected chi connectivity index (χ3v) is 4.56.